The molecule has 2 heterocycles. The van der Waals surface area contributed by atoms with Crippen molar-refractivity contribution in [3.63, 3.8) is 0 Å². The van der Waals surface area contributed by atoms with E-state index < -0.39 is 24.0 Å². The SMILES string of the molecule is CC1CC[C@@H]2C3[C@@H](O1)O[C@H](Oc1ccc(C(C(=O)O)C(C)C)cc1F)[C@H](C)[C@@H]3CC[C@H]2C. The summed E-state index contributed by atoms with van der Waals surface area (Å²) < 4.78 is 33.7. The zero-order valence-electron chi connectivity index (χ0n) is 19.8. The van der Waals surface area contributed by atoms with Crippen LogP contribution in [0.2, 0.25) is 0 Å². The fourth-order valence-corrected chi connectivity index (χ4v) is 6.33. The van der Waals surface area contributed by atoms with E-state index in [0.29, 0.717) is 29.2 Å². The standard InChI is InChI=1S/C26H37FO5/c1-13(2)22(24(28)29)17-8-11-21(20(27)12-17)31-25-16(5)19-9-6-14(3)18-10-7-15(4)30-26(32-25)23(18)19/h8,11-16,18-19,22-23,25-26H,6-7,9-10H2,1-5H3,(H,28,29)/t14-,15?,16-,18+,19+,22?,23?,25+,26+/m1/s1. The Morgan fingerprint density at radius 1 is 1.09 bits per heavy atom. The number of carbonyl (C=O) groups is 1. The Morgan fingerprint density at radius 3 is 2.47 bits per heavy atom. The van der Waals surface area contributed by atoms with Crippen LogP contribution in [0.4, 0.5) is 4.39 Å². The minimum absolute atomic E-state index is 0.0966. The molecule has 1 saturated carbocycles. The van der Waals surface area contributed by atoms with E-state index in [-0.39, 0.29) is 30.0 Å². The summed E-state index contributed by atoms with van der Waals surface area (Å²) in [5.74, 6) is -0.176. The lowest BCUT2D eigenvalue weighted by Gasteiger charge is -2.51. The summed E-state index contributed by atoms with van der Waals surface area (Å²) in [6, 6.07) is 4.47. The van der Waals surface area contributed by atoms with Gasteiger partial charge in [-0.05, 0) is 67.6 Å². The van der Waals surface area contributed by atoms with Gasteiger partial charge in [-0.2, -0.15) is 0 Å². The number of aliphatic carboxylic acids is 1. The normalized spacial score (nSPS) is 38.0. The second-order valence-electron chi connectivity index (χ2n) is 10.6. The molecule has 32 heavy (non-hydrogen) atoms. The van der Waals surface area contributed by atoms with Crippen LogP contribution in [0.25, 0.3) is 0 Å². The van der Waals surface area contributed by atoms with Gasteiger partial charge in [0, 0.05) is 11.8 Å². The molecule has 0 radical (unpaired) electrons. The predicted octanol–water partition coefficient (Wildman–Crippen LogP) is 5.82. The Labute approximate surface area is 190 Å². The maximum Gasteiger partial charge on any atom is 0.311 e. The number of hydrogen-bond donors (Lipinski definition) is 1. The largest absolute Gasteiger partial charge is 0.481 e. The summed E-state index contributed by atoms with van der Waals surface area (Å²) in [7, 11) is 0. The first-order chi connectivity index (χ1) is 15.2. The maximum atomic E-state index is 15.0. The highest BCUT2D eigenvalue weighted by molar-refractivity contribution is 5.76. The fourth-order valence-electron chi connectivity index (χ4n) is 6.33. The first kappa shape index (κ1) is 23.5. The smallest absolute Gasteiger partial charge is 0.311 e. The van der Waals surface area contributed by atoms with Crippen LogP contribution in [0.15, 0.2) is 18.2 Å². The summed E-state index contributed by atoms with van der Waals surface area (Å²) in [5, 5.41) is 9.52. The Hall–Kier alpha value is -1.66. The molecule has 3 fully saturated rings. The highest BCUT2D eigenvalue weighted by Crippen LogP contribution is 2.52. The third kappa shape index (κ3) is 4.41. The Kier molecular flexibility index (Phi) is 6.83. The minimum atomic E-state index is -0.955. The summed E-state index contributed by atoms with van der Waals surface area (Å²) in [6.07, 6.45) is 3.71. The summed E-state index contributed by atoms with van der Waals surface area (Å²) in [6.45, 7) is 10.2. The molecule has 1 aromatic rings. The molecule has 178 valence electrons. The monoisotopic (exact) mass is 448 g/mol. The van der Waals surface area contributed by atoms with Crippen molar-refractivity contribution < 1.29 is 28.5 Å². The van der Waals surface area contributed by atoms with Gasteiger partial charge in [-0.25, -0.2) is 4.39 Å². The molecule has 2 aliphatic heterocycles. The molecule has 4 rings (SSSR count). The van der Waals surface area contributed by atoms with Crippen molar-refractivity contribution >= 4 is 5.97 Å². The maximum absolute atomic E-state index is 15.0. The van der Waals surface area contributed by atoms with E-state index in [2.05, 4.69) is 20.8 Å². The molecule has 3 unspecified atom stereocenters. The number of carboxylic acids is 1. The molecule has 0 bridgehead atoms. The lowest BCUT2D eigenvalue weighted by Crippen LogP contribution is -2.54. The van der Waals surface area contributed by atoms with Crippen LogP contribution in [-0.4, -0.2) is 29.8 Å². The Morgan fingerprint density at radius 2 is 1.81 bits per heavy atom. The zero-order chi connectivity index (χ0) is 23.2. The lowest BCUT2D eigenvalue weighted by atomic mass is 9.61. The lowest BCUT2D eigenvalue weighted by molar-refractivity contribution is -0.315. The van der Waals surface area contributed by atoms with Crippen LogP contribution in [0.1, 0.15) is 71.8 Å². The van der Waals surface area contributed by atoms with E-state index in [0.717, 1.165) is 19.3 Å². The van der Waals surface area contributed by atoms with Gasteiger partial charge >= 0.3 is 5.97 Å². The molecule has 1 aromatic carbocycles. The van der Waals surface area contributed by atoms with Gasteiger partial charge < -0.3 is 19.3 Å². The molecular weight excluding hydrogens is 411 g/mol. The molecule has 0 spiro atoms. The summed E-state index contributed by atoms with van der Waals surface area (Å²) in [4.78, 5) is 11.6. The number of hydrogen-bond acceptors (Lipinski definition) is 4. The van der Waals surface area contributed by atoms with E-state index >= 15 is 0 Å². The fraction of sp³-hybridized carbons (Fsp3) is 0.731. The summed E-state index contributed by atoms with van der Waals surface area (Å²) >= 11 is 0. The summed E-state index contributed by atoms with van der Waals surface area (Å²) in [5.41, 5.74) is 0.445. The van der Waals surface area contributed by atoms with Crippen molar-refractivity contribution in [1.29, 1.82) is 0 Å². The van der Waals surface area contributed by atoms with E-state index in [1.54, 1.807) is 6.07 Å². The number of carboxylic acid groups (broad SMARTS) is 1. The van der Waals surface area contributed by atoms with Crippen molar-refractivity contribution in [2.24, 2.45) is 35.5 Å². The van der Waals surface area contributed by atoms with Crippen LogP contribution in [0.3, 0.4) is 0 Å². The molecule has 6 heteroatoms. The van der Waals surface area contributed by atoms with Gasteiger partial charge in [0.1, 0.15) is 0 Å². The molecule has 2 saturated heterocycles. The number of benzene rings is 1. The van der Waals surface area contributed by atoms with Crippen LogP contribution >= 0.6 is 0 Å². The molecule has 3 aliphatic rings. The van der Waals surface area contributed by atoms with Crippen LogP contribution < -0.4 is 4.74 Å². The van der Waals surface area contributed by atoms with Gasteiger partial charge in [0.2, 0.25) is 6.29 Å². The first-order valence-electron chi connectivity index (χ1n) is 12.2. The van der Waals surface area contributed by atoms with Gasteiger partial charge in [-0.3, -0.25) is 4.79 Å². The van der Waals surface area contributed by atoms with Gasteiger partial charge in [0.25, 0.3) is 0 Å². The van der Waals surface area contributed by atoms with Crippen molar-refractivity contribution in [2.75, 3.05) is 0 Å². The Bertz CT molecular complexity index is 826. The van der Waals surface area contributed by atoms with Crippen molar-refractivity contribution in [3.05, 3.63) is 29.6 Å². The zero-order valence-corrected chi connectivity index (χ0v) is 19.8. The van der Waals surface area contributed by atoms with Crippen LogP contribution in [0.5, 0.6) is 5.75 Å². The number of rotatable bonds is 5. The molecule has 0 aromatic heterocycles. The third-order valence-corrected chi connectivity index (χ3v) is 8.13. The predicted molar refractivity (Wildman–Crippen MR) is 119 cm³/mol. The highest BCUT2D eigenvalue weighted by Gasteiger charge is 2.52. The highest BCUT2D eigenvalue weighted by atomic mass is 19.1. The van der Waals surface area contributed by atoms with Crippen LogP contribution in [0, 0.1) is 41.3 Å². The Balaban J connectivity index is 1.55. The van der Waals surface area contributed by atoms with E-state index in [1.165, 1.54) is 18.6 Å². The van der Waals surface area contributed by atoms with Gasteiger partial charge in [0.15, 0.2) is 17.9 Å². The minimum Gasteiger partial charge on any atom is -0.481 e. The topological polar surface area (TPSA) is 65.0 Å². The van der Waals surface area contributed by atoms with E-state index in [1.807, 2.05) is 13.8 Å². The second-order valence-corrected chi connectivity index (χ2v) is 10.6. The third-order valence-electron chi connectivity index (χ3n) is 8.13. The van der Waals surface area contributed by atoms with Gasteiger partial charge in [0.05, 0.1) is 12.0 Å². The van der Waals surface area contributed by atoms with E-state index in [9.17, 15) is 14.3 Å². The van der Waals surface area contributed by atoms with Crippen molar-refractivity contribution in [2.45, 2.75) is 84.9 Å². The average Bonchev–Trinajstić information content (AvgIpc) is 2.88. The van der Waals surface area contributed by atoms with Crippen molar-refractivity contribution in [1.82, 2.24) is 0 Å². The van der Waals surface area contributed by atoms with Crippen LogP contribution in [-0.2, 0) is 14.3 Å². The quantitative estimate of drug-likeness (QED) is 0.614. The molecule has 5 nitrogen and oxygen atoms in total. The molecule has 9 atom stereocenters. The second kappa shape index (κ2) is 9.30. The first-order valence-corrected chi connectivity index (χ1v) is 12.2. The molecular formula is C26H37FO5. The van der Waals surface area contributed by atoms with Gasteiger partial charge in [-0.1, -0.05) is 40.2 Å². The average molecular weight is 449 g/mol. The van der Waals surface area contributed by atoms with Crippen molar-refractivity contribution in [3.8, 4) is 5.75 Å². The van der Waals surface area contributed by atoms with E-state index in [4.69, 9.17) is 14.2 Å². The number of halogens is 1. The number of ether oxygens (including phenoxy) is 3. The molecule has 1 aliphatic carbocycles. The molecule has 1 N–H and O–H groups in total. The molecule has 0 amide bonds. The van der Waals surface area contributed by atoms with Gasteiger partial charge in [-0.15, -0.1) is 0 Å².